The van der Waals surface area contributed by atoms with Crippen molar-refractivity contribution >= 4 is 11.7 Å². The number of carbonyl (C=O) groups is 1. The normalized spacial score (nSPS) is 10.5. The Bertz CT molecular complexity index is 407. The van der Waals surface area contributed by atoms with Crippen LogP contribution in [0.5, 0.6) is 0 Å². The zero-order valence-corrected chi connectivity index (χ0v) is 11.1. The van der Waals surface area contributed by atoms with Gasteiger partial charge in [0.05, 0.1) is 11.8 Å². The summed E-state index contributed by atoms with van der Waals surface area (Å²) < 4.78 is 13.1. The van der Waals surface area contributed by atoms with Gasteiger partial charge >= 0.3 is 0 Å². The number of aromatic nitrogens is 1. The maximum atomic E-state index is 13.1. The van der Waals surface area contributed by atoms with E-state index >= 15 is 0 Å². The van der Waals surface area contributed by atoms with Crippen LogP contribution >= 0.6 is 0 Å². The summed E-state index contributed by atoms with van der Waals surface area (Å²) in [6.45, 7) is 7.27. The summed E-state index contributed by atoms with van der Waals surface area (Å²) in [5.74, 6) is 0.134. The molecule has 0 spiro atoms. The summed E-state index contributed by atoms with van der Waals surface area (Å²) in [6.07, 6.45) is 1.99. The predicted molar refractivity (Wildman–Crippen MR) is 70.1 cm³/mol. The van der Waals surface area contributed by atoms with E-state index in [1.807, 2.05) is 6.92 Å². The van der Waals surface area contributed by atoms with Gasteiger partial charge in [0, 0.05) is 13.1 Å². The molecule has 2 N–H and O–H groups in total. The minimum absolute atomic E-state index is 0.251. The van der Waals surface area contributed by atoms with Crippen LogP contribution in [0.25, 0.3) is 0 Å². The van der Waals surface area contributed by atoms with Crippen molar-refractivity contribution in [3.63, 3.8) is 0 Å². The summed E-state index contributed by atoms with van der Waals surface area (Å²) in [5, 5.41) is 5.72. The van der Waals surface area contributed by atoms with E-state index in [4.69, 9.17) is 0 Å². The Morgan fingerprint density at radius 1 is 1.50 bits per heavy atom. The van der Waals surface area contributed by atoms with Gasteiger partial charge in [0.2, 0.25) is 0 Å². The summed E-state index contributed by atoms with van der Waals surface area (Å²) in [5.41, 5.74) is 0.251. The van der Waals surface area contributed by atoms with Gasteiger partial charge in [0.25, 0.3) is 5.91 Å². The SMILES string of the molecule is CCNc1ncc(F)cc1C(=O)NCCC(C)C. The fourth-order valence-electron chi connectivity index (χ4n) is 1.49. The molecule has 100 valence electrons. The average molecular weight is 253 g/mol. The van der Waals surface area contributed by atoms with Gasteiger partial charge in [-0.3, -0.25) is 4.79 Å². The van der Waals surface area contributed by atoms with Gasteiger partial charge in [-0.2, -0.15) is 0 Å². The molecule has 0 saturated heterocycles. The number of amides is 1. The van der Waals surface area contributed by atoms with Crippen LogP contribution in [0.2, 0.25) is 0 Å². The van der Waals surface area contributed by atoms with Crippen molar-refractivity contribution in [2.45, 2.75) is 27.2 Å². The van der Waals surface area contributed by atoms with Crippen molar-refractivity contribution in [2.75, 3.05) is 18.4 Å². The van der Waals surface area contributed by atoms with Gasteiger partial charge in [-0.15, -0.1) is 0 Å². The highest BCUT2D eigenvalue weighted by Crippen LogP contribution is 2.13. The van der Waals surface area contributed by atoms with Crippen molar-refractivity contribution in [1.29, 1.82) is 0 Å². The highest BCUT2D eigenvalue weighted by Gasteiger charge is 2.13. The molecule has 1 amide bonds. The van der Waals surface area contributed by atoms with Crippen molar-refractivity contribution in [2.24, 2.45) is 5.92 Å². The van der Waals surface area contributed by atoms with E-state index in [1.165, 1.54) is 6.07 Å². The molecule has 0 radical (unpaired) electrons. The molecule has 0 fully saturated rings. The van der Waals surface area contributed by atoms with Crippen LogP contribution < -0.4 is 10.6 Å². The van der Waals surface area contributed by atoms with E-state index in [2.05, 4.69) is 29.5 Å². The fraction of sp³-hybridized carbons (Fsp3) is 0.538. The molecule has 4 nitrogen and oxygen atoms in total. The molecule has 5 heteroatoms. The van der Waals surface area contributed by atoms with Gasteiger partial charge in [-0.1, -0.05) is 13.8 Å². The lowest BCUT2D eigenvalue weighted by atomic mass is 10.1. The summed E-state index contributed by atoms with van der Waals surface area (Å²) in [6, 6.07) is 1.20. The molecule has 0 atom stereocenters. The first-order valence-electron chi connectivity index (χ1n) is 6.22. The van der Waals surface area contributed by atoms with Crippen molar-refractivity contribution < 1.29 is 9.18 Å². The molecule has 0 aromatic carbocycles. The van der Waals surface area contributed by atoms with Crippen LogP contribution in [-0.4, -0.2) is 24.0 Å². The quantitative estimate of drug-likeness (QED) is 0.818. The van der Waals surface area contributed by atoms with E-state index in [1.54, 1.807) is 0 Å². The van der Waals surface area contributed by atoms with Crippen LogP contribution in [-0.2, 0) is 0 Å². The van der Waals surface area contributed by atoms with Crippen LogP contribution in [0.15, 0.2) is 12.3 Å². The van der Waals surface area contributed by atoms with E-state index in [0.29, 0.717) is 24.8 Å². The first-order chi connectivity index (χ1) is 8.54. The Hall–Kier alpha value is -1.65. The number of anilines is 1. The number of carbonyl (C=O) groups excluding carboxylic acids is 1. The number of halogens is 1. The molecule has 1 aromatic rings. The van der Waals surface area contributed by atoms with Crippen molar-refractivity contribution in [3.8, 4) is 0 Å². The maximum Gasteiger partial charge on any atom is 0.255 e. The molecular formula is C13H20FN3O. The smallest absolute Gasteiger partial charge is 0.255 e. The minimum Gasteiger partial charge on any atom is -0.370 e. The lowest BCUT2D eigenvalue weighted by molar-refractivity contribution is 0.0952. The molecule has 0 aliphatic carbocycles. The van der Waals surface area contributed by atoms with Crippen LogP contribution in [0, 0.1) is 11.7 Å². The molecule has 1 heterocycles. The number of nitrogens with one attached hydrogen (secondary N) is 2. The average Bonchev–Trinajstić information content (AvgIpc) is 2.31. The van der Waals surface area contributed by atoms with Crippen molar-refractivity contribution in [1.82, 2.24) is 10.3 Å². The number of nitrogens with zero attached hydrogens (tertiary/aromatic N) is 1. The Labute approximate surface area is 107 Å². The standard InChI is InChI=1S/C13H20FN3O/c1-4-15-12-11(7-10(14)8-17-12)13(18)16-6-5-9(2)3/h7-9H,4-6H2,1-3H3,(H,15,17)(H,16,18). The molecule has 1 aromatic heterocycles. The number of rotatable bonds is 6. The second-order valence-corrected chi connectivity index (χ2v) is 4.52. The highest BCUT2D eigenvalue weighted by atomic mass is 19.1. The van der Waals surface area contributed by atoms with Gasteiger partial charge < -0.3 is 10.6 Å². The second-order valence-electron chi connectivity index (χ2n) is 4.52. The summed E-state index contributed by atoms with van der Waals surface area (Å²) in [7, 11) is 0. The highest BCUT2D eigenvalue weighted by molar-refractivity contribution is 5.98. The third kappa shape index (κ3) is 4.31. The van der Waals surface area contributed by atoms with Crippen LogP contribution in [0.3, 0.4) is 0 Å². The Morgan fingerprint density at radius 3 is 2.83 bits per heavy atom. The maximum absolute atomic E-state index is 13.1. The lowest BCUT2D eigenvalue weighted by Gasteiger charge is -2.11. The van der Waals surface area contributed by atoms with Crippen LogP contribution in [0.1, 0.15) is 37.6 Å². The monoisotopic (exact) mass is 253 g/mol. The van der Waals surface area contributed by atoms with E-state index in [0.717, 1.165) is 12.6 Å². The molecule has 0 saturated carbocycles. The topological polar surface area (TPSA) is 54.0 Å². The largest absolute Gasteiger partial charge is 0.370 e. The molecule has 18 heavy (non-hydrogen) atoms. The first-order valence-corrected chi connectivity index (χ1v) is 6.22. The second kappa shape index (κ2) is 6.93. The Kier molecular flexibility index (Phi) is 5.55. The van der Waals surface area contributed by atoms with Crippen molar-refractivity contribution in [3.05, 3.63) is 23.6 Å². The van der Waals surface area contributed by atoms with Gasteiger partial charge in [0.15, 0.2) is 0 Å². The third-order valence-electron chi connectivity index (χ3n) is 2.45. The number of hydrogen-bond acceptors (Lipinski definition) is 3. The summed E-state index contributed by atoms with van der Waals surface area (Å²) >= 11 is 0. The number of hydrogen-bond donors (Lipinski definition) is 2. The number of pyridine rings is 1. The molecule has 0 bridgehead atoms. The predicted octanol–water partition coefficient (Wildman–Crippen LogP) is 2.43. The molecule has 0 unspecified atom stereocenters. The zero-order valence-electron chi connectivity index (χ0n) is 11.1. The Morgan fingerprint density at radius 2 is 2.22 bits per heavy atom. The van der Waals surface area contributed by atoms with E-state index < -0.39 is 5.82 Å². The molecule has 0 aliphatic heterocycles. The third-order valence-corrected chi connectivity index (χ3v) is 2.45. The van der Waals surface area contributed by atoms with Gasteiger partial charge in [-0.05, 0) is 25.3 Å². The lowest BCUT2D eigenvalue weighted by Crippen LogP contribution is -2.26. The first kappa shape index (κ1) is 14.4. The van der Waals surface area contributed by atoms with Gasteiger partial charge in [0.1, 0.15) is 11.6 Å². The van der Waals surface area contributed by atoms with Gasteiger partial charge in [-0.25, -0.2) is 9.37 Å². The fourth-order valence-corrected chi connectivity index (χ4v) is 1.49. The molecule has 0 aliphatic rings. The summed E-state index contributed by atoms with van der Waals surface area (Å²) in [4.78, 5) is 15.8. The Balaban J connectivity index is 2.73. The van der Waals surface area contributed by atoms with Crippen LogP contribution in [0.4, 0.5) is 10.2 Å². The minimum atomic E-state index is -0.509. The molecular weight excluding hydrogens is 233 g/mol. The van der Waals surface area contributed by atoms with E-state index in [-0.39, 0.29) is 11.5 Å². The zero-order chi connectivity index (χ0) is 13.5. The van der Waals surface area contributed by atoms with E-state index in [9.17, 15) is 9.18 Å². The molecule has 1 rings (SSSR count).